The first-order valence-electron chi connectivity index (χ1n) is 17.8. The van der Waals surface area contributed by atoms with E-state index in [1.807, 2.05) is 67.6 Å². The monoisotopic (exact) mass is 799 g/mol. The predicted molar refractivity (Wildman–Crippen MR) is 207 cm³/mol. The number of ether oxygens (including phenoxy) is 2. The van der Waals surface area contributed by atoms with Gasteiger partial charge in [-0.05, 0) is 90.8 Å². The van der Waals surface area contributed by atoms with Crippen molar-refractivity contribution < 1.29 is 33.1 Å². The lowest BCUT2D eigenvalue weighted by Gasteiger charge is -2.37. The topological polar surface area (TPSA) is 108 Å². The van der Waals surface area contributed by atoms with Crippen molar-refractivity contribution in [3.8, 4) is 5.75 Å². The summed E-state index contributed by atoms with van der Waals surface area (Å²) in [5.74, 6) is -0.767. The molecule has 3 amide bonds. The van der Waals surface area contributed by atoms with E-state index in [9.17, 15) is 19.5 Å². The summed E-state index contributed by atoms with van der Waals surface area (Å²) < 4.78 is 29.3. The van der Waals surface area contributed by atoms with E-state index in [1.165, 1.54) is 0 Å². The average molecular weight is 801 g/mol. The van der Waals surface area contributed by atoms with Crippen molar-refractivity contribution in [2.45, 2.75) is 69.2 Å². The number of hydrogen-bond donors (Lipinski definition) is 2. The van der Waals surface area contributed by atoms with Crippen LogP contribution in [-0.4, -0.2) is 62.0 Å². The fourth-order valence-corrected chi connectivity index (χ4v) is 11.4. The molecule has 0 unspecified atom stereocenters. The molecule has 4 aromatic carbocycles. The van der Waals surface area contributed by atoms with Crippen LogP contribution in [0.5, 0.6) is 5.75 Å². The van der Waals surface area contributed by atoms with E-state index in [0.29, 0.717) is 41.2 Å². The molecule has 0 aliphatic carbocycles. The third kappa shape index (κ3) is 6.82. The van der Waals surface area contributed by atoms with E-state index in [1.54, 1.807) is 60.3 Å². The minimum atomic E-state index is -3.54. The molecule has 12 heteroatoms. The normalized spacial score (nSPS) is 23.6. The molecule has 0 radical (unpaired) electrons. The third-order valence-electron chi connectivity index (χ3n) is 11.1. The van der Waals surface area contributed by atoms with Crippen molar-refractivity contribution in [2.24, 2.45) is 5.92 Å². The van der Waals surface area contributed by atoms with Gasteiger partial charge < -0.3 is 33.8 Å². The molecule has 0 aromatic heterocycles. The number of nitrogens with zero attached hydrogens (tertiary/aromatic N) is 2. The Balaban J connectivity index is 1.17. The molecule has 5 atom stereocenters. The minimum absolute atomic E-state index is 0.109. The molecule has 1 saturated heterocycles. The first-order valence-corrected chi connectivity index (χ1v) is 21.6. The number of benzene rings is 4. The summed E-state index contributed by atoms with van der Waals surface area (Å²) in [4.78, 5) is 45.4. The molecule has 0 bridgehead atoms. The fourth-order valence-electron chi connectivity index (χ4n) is 8.58. The molecule has 3 aliphatic heterocycles. The van der Waals surface area contributed by atoms with Crippen molar-refractivity contribution in [1.29, 1.82) is 0 Å². The van der Waals surface area contributed by atoms with Crippen LogP contribution in [0.3, 0.4) is 0 Å². The molecule has 276 valence electrons. The Bertz CT molecular complexity index is 2060. The molecule has 3 aliphatic rings. The van der Waals surface area contributed by atoms with E-state index in [0.717, 1.165) is 21.2 Å². The zero-order chi connectivity index (χ0) is 37.7. The van der Waals surface area contributed by atoms with Crippen molar-refractivity contribution in [3.63, 3.8) is 0 Å². The molecule has 9 nitrogen and oxygen atoms in total. The zero-order valence-electron chi connectivity index (χ0n) is 30.1. The maximum Gasteiger partial charge on any atom is 0.264 e. The summed E-state index contributed by atoms with van der Waals surface area (Å²) >= 11 is 3.59. The van der Waals surface area contributed by atoms with Gasteiger partial charge in [0, 0.05) is 39.3 Å². The molecule has 0 saturated carbocycles. The highest BCUT2D eigenvalue weighted by atomic mass is 79.9. The van der Waals surface area contributed by atoms with E-state index in [2.05, 4.69) is 21.2 Å². The lowest BCUT2D eigenvalue weighted by molar-refractivity contribution is -0.151. The lowest BCUT2D eigenvalue weighted by Crippen LogP contribution is -2.48. The van der Waals surface area contributed by atoms with Crippen molar-refractivity contribution in [3.05, 3.63) is 123 Å². The molecular formula is C41H43BrFN3O6Si. The van der Waals surface area contributed by atoms with Gasteiger partial charge in [0.05, 0.1) is 44.5 Å². The maximum absolute atomic E-state index is 16.5. The molecular weight excluding hydrogens is 757 g/mol. The second kappa shape index (κ2) is 14.5. The Morgan fingerprint density at radius 1 is 1.04 bits per heavy atom. The van der Waals surface area contributed by atoms with Gasteiger partial charge in [-0.25, -0.2) is 0 Å². The SMILES string of the molecule is COc1ccc(C(=O)Nc2cccc(CN3C(=O)[C@@]4(O[C@@H](CC(=O)N5Cc6ccccc6C[C@H]5CO)[C@H]([Si](C)(C)F)[C@H]4C)c4cc(Br)ccc43)c2)cc1. The average Bonchev–Trinajstić information content (AvgIpc) is 3.56. The molecule has 53 heavy (non-hydrogen) atoms. The molecule has 4 aromatic rings. The summed E-state index contributed by atoms with van der Waals surface area (Å²) in [6.45, 7) is 5.43. The van der Waals surface area contributed by atoms with Crippen LogP contribution in [0.4, 0.5) is 15.5 Å². The number of methoxy groups -OCH3 is 1. The smallest absolute Gasteiger partial charge is 0.264 e. The number of amides is 3. The number of halogens is 2. The molecule has 7 rings (SSSR count). The van der Waals surface area contributed by atoms with E-state index in [-0.39, 0.29) is 37.3 Å². The number of hydrogen-bond acceptors (Lipinski definition) is 6. The number of anilines is 2. The van der Waals surface area contributed by atoms with Crippen molar-refractivity contribution in [1.82, 2.24) is 4.90 Å². The van der Waals surface area contributed by atoms with Crippen LogP contribution in [0.2, 0.25) is 18.6 Å². The van der Waals surface area contributed by atoms with Gasteiger partial charge in [-0.1, -0.05) is 59.3 Å². The van der Waals surface area contributed by atoms with Crippen LogP contribution in [0.1, 0.15) is 46.0 Å². The van der Waals surface area contributed by atoms with Crippen LogP contribution in [0, 0.1) is 5.92 Å². The van der Waals surface area contributed by atoms with Gasteiger partial charge in [-0.15, -0.1) is 0 Å². The highest BCUT2D eigenvalue weighted by Crippen LogP contribution is 2.60. The molecule has 3 heterocycles. The largest absolute Gasteiger partial charge is 0.497 e. The molecule has 1 fully saturated rings. The third-order valence-corrected chi connectivity index (χ3v) is 14.0. The number of carbonyl (C=O) groups is 3. The fraction of sp³-hybridized carbons (Fsp3) is 0.341. The Kier molecular flexibility index (Phi) is 10.1. The highest BCUT2D eigenvalue weighted by molar-refractivity contribution is 9.10. The van der Waals surface area contributed by atoms with Crippen molar-refractivity contribution in [2.75, 3.05) is 23.9 Å². The van der Waals surface area contributed by atoms with E-state index < -0.39 is 37.6 Å². The van der Waals surface area contributed by atoms with E-state index >= 15 is 4.11 Å². The van der Waals surface area contributed by atoms with Crippen LogP contribution in [0.15, 0.2) is 95.5 Å². The first kappa shape index (κ1) is 37.0. The lowest BCUT2D eigenvalue weighted by atomic mass is 9.82. The van der Waals surface area contributed by atoms with Crippen LogP contribution < -0.4 is 15.0 Å². The molecule has 1 spiro atoms. The summed E-state index contributed by atoms with van der Waals surface area (Å²) in [6, 6.07) is 27.2. The Labute approximate surface area is 318 Å². The zero-order valence-corrected chi connectivity index (χ0v) is 32.7. The Morgan fingerprint density at radius 3 is 2.47 bits per heavy atom. The first-order chi connectivity index (χ1) is 25.3. The van der Waals surface area contributed by atoms with Gasteiger partial charge in [0.25, 0.3) is 11.8 Å². The summed E-state index contributed by atoms with van der Waals surface area (Å²) in [7, 11) is -1.97. The predicted octanol–water partition coefficient (Wildman–Crippen LogP) is 7.37. The summed E-state index contributed by atoms with van der Waals surface area (Å²) in [5, 5.41) is 13.2. The second-order valence-electron chi connectivity index (χ2n) is 14.7. The van der Waals surface area contributed by atoms with Gasteiger partial charge >= 0.3 is 0 Å². The van der Waals surface area contributed by atoms with Gasteiger partial charge in [-0.2, -0.15) is 0 Å². The van der Waals surface area contributed by atoms with Gasteiger partial charge in [0.15, 0.2) is 5.60 Å². The van der Waals surface area contributed by atoms with Gasteiger partial charge in [0.2, 0.25) is 14.3 Å². The number of aliphatic hydroxyl groups excluding tert-OH is 1. The number of rotatable bonds is 9. The summed E-state index contributed by atoms with van der Waals surface area (Å²) in [5.41, 5.74) is 3.02. The van der Waals surface area contributed by atoms with Crippen LogP contribution in [-0.2, 0) is 39.4 Å². The maximum atomic E-state index is 16.5. The Morgan fingerprint density at radius 2 is 1.77 bits per heavy atom. The van der Waals surface area contributed by atoms with Gasteiger partial charge in [-0.3, -0.25) is 14.4 Å². The van der Waals surface area contributed by atoms with Crippen LogP contribution >= 0.6 is 15.9 Å². The number of carbonyl (C=O) groups excluding carboxylic acids is 3. The Hall–Kier alpha value is -4.36. The van der Waals surface area contributed by atoms with Gasteiger partial charge in [0.1, 0.15) is 5.75 Å². The number of aliphatic hydroxyl groups is 1. The highest BCUT2D eigenvalue weighted by Gasteiger charge is 2.67. The quantitative estimate of drug-likeness (QED) is 0.135. The number of fused-ring (bicyclic) bond motifs is 3. The number of nitrogens with one attached hydrogen (secondary N) is 1. The second-order valence-corrected chi connectivity index (χ2v) is 19.5. The molecule has 2 N–H and O–H groups in total. The van der Waals surface area contributed by atoms with E-state index in [4.69, 9.17) is 9.47 Å². The van der Waals surface area contributed by atoms with Crippen LogP contribution in [0.25, 0.3) is 0 Å². The summed E-state index contributed by atoms with van der Waals surface area (Å²) in [6.07, 6.45) is -0.437. The standard InChI is InChI=1S/C41H43BrFN3O6Si/c1-25-38(53(3,4)43)36(21-37(48)45-23-29-10-6-5-9-28(29)19-32(45)24-47)52-41(25)34-20-30(42)14-17-35(34)46(40(41)50)22-26-8-7-11-31(18-26)44-39(49)27-12-15-33(51-2)16-13-27/h5-18,20,25,32,36,38,47H,19,21-24H2,1-4H3,(H,44,49)/t25-,32+,36+,38-,41+/m1/s1. The van der Waals surface area contributed by atoms with Crippen molar-refractivity contribution >= 4 is 53.4 Å². The minimum Gasteiger partial charge on any atom is -0.497 e.